The van der Waals surface area contributed by atoms with E-state index in [2.05, 4.69) is 30.1 Å². The number of piperidine rings is 1. The molecule has 0 aliphatic carbocycles. The minimum absolute atomic E-state index is 0.00753. The number of halogens is 3. The molecule has 0 atom stereocenters. The van der Waals surface area contributed by atoms with E-state index >= 15 is 0 Å². The van der Waals surface area contributed by atoms with Crippen molar-refractivity contribution < 1.29 is 9.18 Å². The van der Waals surface area contributed by atoms with Crippen LogP contribution < -0.4 is 5.32 Å². The van der Waals surface area contributed by atoms with Gasteiger partial charge in [0.2, 0.25) is 0 Å². The molecular weight excluding hydrogens is 362 g/mol. The molecule has 25 heavy (non-hydrogen) atoms. The fraction of sp³-hybridized carbons (Fsp3) is 0.526. The van der Waals surface area contributed by atoms with Gasteiger partial charge in [-0.05, 0) is 44.4 Å². The molecule has 6 heteroatoms. The van der Waals surface area contributed by atoms with E-state index in [0.717, 1.165) is 13.0 Å². The Morgan fingerprint density at radius 1 is 1.28 bits per heavy atom. The van der Waals surface area contributed by atoms with Crippen LogP contribution in [0.5, 0.6) is 0 Å². The van der Waals surface area contributed by atoms with Crippen LogP contribution in [0.1, 0.15) is 43.5 Å². The lowest BCUT2D eigenvalue weighted by atomic mass is 9.92. The third-order valence-corrected chi connectivity index (χ3v) is 4.90. The summed E-state index contributed by atoms with van der Waals surface area (Å²) in [7, 11) is 0. The summed E-state index contributed by atoms with van der Waals surface area (Å²) < 4.78 is 15.0. The third-order valence-electron chi connectivity index (χ3n) is 4.47. The highest BCUT2D eigenvalue weighted by Gasteiger charge is 2.34. The van der Waals surface area contributed by atoms with Crippen LogP contribution in [0, 0.1) is 0 Å². The van der Waals surface area contributed by atoms with E-state index in [9.17, 15) is 9.18 Å². The van der Waals surface area contributed by atoms with Crippen LogP contribution in [0.3, 0.4) is 0 Å². The highest BCUT2D eigenvalue weighted by Crippen LogP contribution is 2.26. The van der Waals surface area contributed by atoms with Crippen LogP contribution in [0.4, 0.5) is 4.39 Å². The summed E-state index contributed by atoms with van der Waals surface area (Å²) in [4.78, 5) is 14.5. The van der Waals surface area contributed by atoms with Gasteiger partial charge in [0.05, 0.1) is 6.54 Å². The van der Waals surface area contributed by atoms with E-state index < -0.39 is 5.67 Å². The molecular formula is C19H25Cl2FN2O. The predicted molar refractivity (Wildman–Crippen MR) is 102 cm³/mol. The third kappa shape index (κ3) is 6.28. The van der Waals surface area contributed by atoms with Gasteiger partial charge in [-0.1, -0.05) is 41.8 Å². The topological polar surface area (TPSA) is 32.3 Å². The van der Waals surface area contributed by atoms with E-state index in [1.54, 1.807) is 6.07 Å². The van der Waals surface area contributed by atoms with Crippen molar-refractivity contribution in [1.82, 2.24) is 10.2 Å². The van der Waals surface area contributed by atoms with Crippen LogP contribution in [0.2, 0.25) is 10.0 Å². The van der Waals surface area contributed by atoms with Crippen molar-refractivity contribution in [3.05, 3.63) is 45.5 Å². The first-order chi connectivity index (χ1) is 11.8. The molecule has 1 fully saturated rings. The highest BCUT2D eigenvalue weighted by atomic mass is 35.5. The zero-order valence-corrected chi connectivity index (χ0v) is 16.3. The number of carbonyl (C=O) groups is 1. The average Bonchev–Trinajstić information content (AvgIpc) is 2.54. The average molecular weight is 387 g/mol. The lowest BCUT2D eigenvalue weighted by Gasteiger charge is -2.36. The maximum Gasteiger partial charge on any atom is 0.251 e. The van der Waals surface area contributed by atoms with Crippen molar-refractivity contribution in [2.45, 2.75) is 38.8 Å². The fourth-order valence-electron chi connectivity index (χ4n) is 3.08. The first kappa shape index (κ1) is 20.2. The monoisotopic (exact) mass is 386 g/mol. The molecule has 1 aromatic rings. The Kier molecular flexibility index (Phi) is 7.29. The normalized spacial score (nSPS) is 18.2. The quantitative estimate of drug-likeness (QED) is 0.706. The van der Waals surface area contributed by atoms with Crippen molar-refractivity contribution in [2.75, 3.05) is 26.2 Å². The molecule has 0 saturated carbocycles. The van der Waals surface area contributed by atoms with Gasteiger partial charge in [0.25, 0.3) is 5.91 Å². The Bertz CT molecular complexity index is 620. The summed E-state index contributed by atoms with van der Waals surface area (Å²) in [6.07, 6.45) is 4.06. The summed E-state index contributed by atoms with van der Waals surface area (Å²) in [6.45, 7) is 6.51. The van der Waals surface area contributed by atoms with Gasteiger partial charge in [0.1, 0.15) is 5.67 Å². The summed E-state index contributed by atoms with van der Waals surface area (Å²) in [6, 6.07) is 4.61. The van der Waals surface area contributed by atoms with Gasteiger partial charge in [-0.3, -0.25) is 9.69 Å². The SMILES string of the molecule is CCC=C(C)CN1CCC(F)(CNC(=O)c2cc(Cl)cc(Cl)c2)CC1. The van der Waals surface area contributed by atoms with E-state index in [-0.39, 0.29) is 12.5 Å². The van der Waals surface area contributed by atoms with Crippen molar-refractivity contribution in [1.29, 1.82) is 0 Å². The van der Waals surface area contributed by atoms with Gasteiger partial charge in [-0.15, -0.1) is 0 Å². The minimum atomic E-state index is -1.36. The Balaban J connectivity index is 1.85. The maximum absolute atomic E-state index is 15.0. The summed E-state index contributed by atoms with van der Waals surface area (Å²) in [5.74, 6) is -0.356. The smallest absolute Gasteiger partial charge is 0.251 e. The molecule has 1 N–H and O–H groups in total. The number of alkyl halides is 1. The number of nitrogens with zero attached hydrogens (tertiary/aromatic N) is 1. The molecule has 3 nitrogen and oxygen atoms in total. The molecule has 138 valence electrons. The highest BCUT2D eigenvalue weighted by molar-refractivity contribution is 6.35. The molecule has 2 rings (SSSR count). The lowest BCUT2D eigenvalue weighted by Crippen LogP contribution is -2.48. The first-order valence-electron chi connectivity index (χ1n) is 8.62. The Labute approximate surface area is 159 Å². The molecule has 1 aliphatic heterocycles. The number of hydrogen-bond donors (Lipinski definition) is 1. The maximum atomic E-state index is 15.0. The number of rotatable bonds is 6. The largest absolute Gasteiger partial charge is 0.349 e. The first-order valence-corrected chi connectivity index (χ1v) is 9.38. The standard InChI is InChI=1S/C19H25Cl2FN2O/c1-3-4-14(2)12-24-7-5-19(22,6-8-24)13-23-18(25)15-9-16(20)11-17(21)10-15/h4,9-11H,3,5-8,12-13H2,1-2H3,(H,23,25). The summed E-state index contributed by atoms with van der Waals surface area (Å²) in [5, 5.41) is 3.45. The Hall–Kier alpha value is -1.10. The van der Waals surface area contributed by atoms with E-state index in [0.29, 0.717) is 41.5 Å². The Morgan fingerprint density at radius 2 is 1.88 bits per heavy atom. The van der Waals surface area contributed by atoms with Crippen LogP contribution >= 0.6 is 23.2 Å². The molecule has 0 spiro atoms. The predicted octanol–water partition coefficient (Wildman–Crippen LogP) is 4.88. The number of allylic oxidation sites excluding steroid dienone is 1. The number of hydrogen-bond acceptors (Lipinski definition) is 2. The zero-order valence-electron chi connectivity index (χ0n) is 14.7. The number of carbonyl (C=O) groups excluding carboxylic acids is 1. The second-order valence-corrected chi connectivity index (χ2v) is 7.60. The molecule has 0 radical (unpaired) electrons. The van der Waals surface area contributed by atoms with Gasteiger partial charge >= 0.3 is 0 Å². The number of benzene rings is 1. The molecule has 1 amide bonds. The van der Waals surface area contributed by atoms with E-state index in [1.165, 1.54) is 17.7 Å². The van der Waals surface area contributed by atoms with Crippen LogP contribution in [-0.2, 0) is 0 Å². The Morgan fingerprint density at radius 3 is 2.44 bits per heavy atom. The lowest BCUT2D eigenvalue weighted by molar-refractivity contribution is 0.0576. The van der Waals surface area contributed by atoms with E-state index in [4.69, 9.17) is 23.2 Å². The van der Waals surface area contributed by atoms with Crippen molar-refractivity contribution in [2.24, 2.45) is 0 Å². The van der Waals surface area contributed by atoms with Gasteiger partial charge in [-0.2, -0.15) is 0 Å². The van der Waals surface area contributed by atoms with E-state index in [1.807, 2.05) is 0 Å². The summed E-state index contributed by atoms with van der Waals surface area (Å²) in [5.41, 5.74) is 0.301. The zero-order chi connectivity index (χ0) is 18.4. The molecule has 1 aliphatic rings. The molecule has 0 unspecified atom stereocenters. The van der Waals surface area contributed by atoms with Gasteiger partial charge in [0, 0.05) is 35.2 Å². The van der Waals surface area contributed by atoms with Crippen LogP contribution in [0.15, 0.2) is 29.8 Å². The van der Waals surface area contributed by atoms with Crippen LogP contribution in [-0.4, -0.2) is 42.7 Å². The summed E-state index contributed by atoms with van der Waals surface area (Å²) >= 11 is 11.8. The number of nitrogens with one attached hydrogen (secondary N) is 1. The van der Waals surface area contributed by atoms with Gasteiger partial charge in [-0.25, -0.2) is 4.39 Å². The minimum Gasteiger partial charge on any atom is -0.349 e. The molecule has 1 aromatic carbocycles. The van der Waals surface area contributed by atoms with Crippen molar-refractivity contribution in [3.63, 3.8) is 0 Å². The van der Waals surface area contributed by atoms with Crippen molar-refractivity contribution >= 4 is 29.1 Å². The fourth-order valence-corrected chi connectivity index (χ4v) is 3.61. The number of amides is 1. The van der Waals surface area contributed by atoms with Gasteiger partial charge < -0.3 is 5.32 Å². The number of likely N-dealkylation sites (tertiary alicyclic amines) is 1. The second kappa shape index (κ2) is 9.02. The van der Waals surface area contributed by atoms with Crippen molar-refractivity contribution in [3.8, 4) is 0 Å². The van der Waals surface area contributed by atoms with Crippen LogP contribution in [0.25, 0.3) is 0 Å². The molecule has 1 heterocycles. The second-order valence-electron chi connectivity index (χ2n) is 6.73. The molecule has 1 saturated heterocycles. The van der Waals surface area contributed by atoms with Gasteiger partial charge in [0.15, 0.2) is 0 Å². The molecule has 0 aromatic heterocycles. The molecule has 0 bridgehead atoms.